The van der Waals surface area contributed by atoms with Crippen LogP contribution in [0.4, 0.5) is 5.95 Å². The first-order valence-electron chi connectivity index (χ1n) is 12.9. The Hall–Kier alpha value is -3.59. The van der Waals surface area contributed by atoms with E-state index in [1.165, 1.54) is 6.08 Å². The standard InChI is InChI=1S/C27H31ClN8O/c1-2-24(37)32-18-11-19-12-31-27(36(19)15-18)34-17-7-5-6-16(10-17)33-26-30-14-22(28)25(35-26)21-13-29-23-9-4-3-8-20(21)23/h2-4,8-9,13-14,16-19,29H,1,5-7,10-12,15H2,(H,31,34)(H,32,37)(H,30,33,35)/t16-,17+,18?,19-/m1/s1. The highest BCUT2D eigenvalue weighted by Gasteiger charge is 2.39. The van der Waals surface area contributed by atoms with Crippen molar-refractivity contribution in [1.29, 1.82) is 0 Å². The summed E-state index contributed by atoms with van der Waals surface area (Å²) in [5.41, 5.74) is 2.74. The van der Waals surface area contributed by atoms with Gasteiger partial charge in [-0.1, -0.05) is 36.4 Å². The van der Waals surface area contributed by atoms with Crippen LogP contribution in [0.5, 0.6) is 0 Å². The summed E-state index contributed by atoms with van der Waals surface area (Å²) in [6.45, 7) is 5.10. The zero-order valence-corrected chi connectivity index (χ0v) is 21.3. The molecule has 2 fully saturated rings. The maximum absolute atomic E-state index is 11.7. The molecule has 0 radical (unpaired) electrons. The number of carbonyl (C=O) groups is 1. The van der Waals surface area contributed by atoms with Crippen molar-refractivity contribution >= 4 is 40.3 Å². The van der Waals surface area contributed by atoms with E-state index in [4.69, 9.17) is 21.6 Å². The zero-order chi connectivity index (χ0) is 25.4. The van der Waals surface area contributed by atoms with Crippen LogP contribution in [0.2, 0.25) is 5.02 Å². The maximum atomic E-state index is 11.7. The second-order valence-electron chi connectivity index (χ2n) is 10.1. The van der Waals surface area contributed by atoms with Crippen LogP contribution in [0.25, 0.3) is 22.2 Å². The number of H-pyrrole nitrogens is 1. The molecule has 1 unspecified atom stereocenters. The number of benzene rings is 1. The van der Waals surface area contributed by atoms with Crippen LogP contribution in [0.15, 0.2) is 54.3 Å². The molecule has 6 rings (SSSR count). The summed E-state index contributed by atoms with van der Waals surface area (Å²) in [6.07, 6.45) is 10.1. The molecule has 0 spiro atoms. The number of nitrogens with zero attached hydrogens (tertiary/aromatic N) is 4. The van der Waals surface area contributed by atoms with Gasteiger partial charge in [-0.25, -0.2) is 9.97 Å². The number of para-hydroxylation sites is 1. The zero-order valence-electron chi connectivity index (χ0n) is 20.6. The van der Waals surface area contributed by atoms with Crippen molar-refractivity contribution in [3.63, 3.8) is 0 Å². The minimum Gasteiger partial charge on any atom is -0.360 e. The van der Waals surface area contributed by atoms with E-state index in [1.54, 1.807) is 6.20 Å². The number of halogens is 1. The minimum atomic E-state index is -0.115. The Bertz CT molecular complexity index is 1350. The van der Waals surface area contributed by atoms with Crippen molar-refractivity contribution in [3.05, 3.63) is 54.3 Å². The highest BCUT2D eigenvalue weighted by atomic mass is 35.5. The lowest BCUT2D eigenvalue weighted by molar-refractivity contribution is -0.117. The molecule has 9 nitrogen and oxygen atoms in total. The number of rotatable bonds is 6. The van der Waals surface area contributed by atoms with E-state index in [1.807, 2.05) is 24.4 Å². The van der Waals surface area contributed by atoms with E-state index in [0.717, 1.165) is 73.3 Å². The third kappa shape index (κ3) is 4.87. The lowest BCUT2D eigenvalue weighted by Crippen LogP contribution is -2.48. The summed E-state index contributed by atoms with van der Waals surface area (Å²) in [5.74, 6) is 1.43. The van der Waals surface area contributed by atoms with E-state index in [-0.39, 0.29) is 18.0 Å². The topological polar surface area (TPSA) is 110 Å². The van der Waals surface area contributed by atoms with Gasteiger partial charge in [0, 0.05) is 47.3 Å². The van der Waals surface area contributed by atoms with Crippen LogP contribution in [-0.4, -0.2) is 69.0 Å². The molecular weight excluding hydrogens is 488 g/mol. The normalized spacial score (nSPS) is 25.0. The number of hydrogen-bond acceptors (Lipinski definition) is 7. The molecule has 37 heavy (non-hydrogen) atoms. The number of aromatic amines is 1. The van der Waals surface area contributed by atoms with E-state index in [2.05, 4.69) is 43.5 Å². The fourth-order valence-electron chi connectivity index (χ4n) is 5.84. The van der Waals surface area contributed by atoms with Gasteiger partial charge in [0.1, 0.15) is 0 Å². The van der Waals surface area contributed by atoms with E-state index < -0.39 is 0 Å². The van der Waals surface area contributed by atoms with E-state index in [9.17, 15) is 4.79 Å². The van der Waals surface area contributed by atoms with Gasteiger partial charge in [0.15, 0.2) is 5.96 Å². The third-order valence-electron chi connectivity index (χ3n) is 7.60. The average molecular weight is 519 g/mol. The first-order valence-corrected chi connectivity index (χ1v) is 13.3. The molecule has 4 N–H and O–H groups in total. The summed E-state index contributed by atoms with van der Waals surface area (Å²) < 4.78 is 0. The molecule has 10 heteroatoms. The largest absolute Gasteiger partial charge is 0.360 e. The summed E-state index contributed by atoms with van der Waals surface area (Å²) >= 11 is 6.52. The van der Waals surface area contributed by atoms with E-state index >= 15 is 0 Å². The van der Waals surface area contributed by atoms with Crippen molar-refractivity contribution < 1.29 is 4.79 Å². The number of hydrogen-bond donors (Lipinski definition) is 4. The highest BCUT2D eigenvalue weighted by Crippen LogP contribution is 2.33. The Morgan fingerprint density at radius 3 is 2.86 bits per heavy atom. The number of amides is 1. The van der Waals surface area contributed by atoms with Crippen LogP contribution in [-0.2, 0) is 4.79 Å². The molecule has 2 aliphatic heterocycles. The lowest BCUT2D eigenvalue weighted by Gasteiger charge is -2.32. The Labute approximate surface area is 220 Å². The fourth-order valence-corrected chi connectivity index (χ4v) is 6.03. The van der Waals surface area contributed by atoms with Gasteiger partial charge in [-0.3, -0.25) is 9.79 Å². The number of aliphatic imine (C=N–C) groups is 1. The van der Waals surface area contributed by atoms with Crippen molar-refractivity contribution in [1.82, 2.24) is 30.5 Å². The van der Waals surface area contributed by atoms with Crippen LogP contribution in [0, 0.1) is 0 Å². The lowest BCUT2D eigenvalue weighted by atomic mass is 9.91. The van der Waals surface area contributed by atoms with Gasteiger partial charge < -0.3 is 25.8 Å². The Balaban J connectivity index is 1.10. The van der Waals surface area contributed by atoms with Crippen LogP contribution in [0.1, 0.15) is 32.1 Å². The predicted molar refractivity (Wildman–Crippen MR) is 147 cm³/mol. The number of aromatic nitrogens is 3. The van der Waals surface area contributed by atoms with Crippen molar-refractivity contribution in [2.45, 2.75) is 56.3 Å². The fraction of sp³-hybridized carbons (Fsp3) is 0.407. The number of nitrogens with one attached hydrogen (secondary N) is 4. The summed E-state index contributed by atoms with van der Waals surface area (Å²) in [5, 5.41) is 11.9. The van der Waals surface area contributed by atoms with Gasteiger partial charge in [-0.15, -0.1) is 0 Å². The third-order valence-corrected chi connectivity index (χ3v) is 7.88. The van der Waals surface area contributed by atoms with Crippen molar-refractivity contribution in [2.75, 3.05) is 18.4 Å². The second-order valence-corrected chi connectivity index (χ2v) is 10.5. The number of guanidine groups is 1. The van der Waals surface area contributed by atoms with Crippen LogP contribution in [0.3, 0.4) is 0 Å². The van der Waals surface area contributed by atoms with Gasteiger partial charge in [-0.05, 0) is 44.2 Å². The molecule has 1 aliphatic carbocycles. The number of fused-ring (bicyclic) bond motifs is 2. The molecule has 3 aliphatic rings. The Kier molecular flexibility index (Phi) is 6.46. The molecule has 4 heterocycles. The van der Waals surface area contributed by atoms with Gasteiger partial charge in [0.25, 0.3) is 0 Å². The average Bonchev–Trinajstić information content (AvgIpc) is 3.61. The Morgan fingerprint density at radius 1 is 1.16 bits per heavy atom. The molecular formula is C27H31ClN8O. The van der Waals surface area contributed by atoms with Crippen LogP contribution < -0.4 is 16.0 Å². The molecule has 3 aromatic rings. The van der Waals surface area contributed by atoms with E-state index in [0.29, 0.717) is 23.1 Å². The molecule has 1 saturated heterocycles. The minimum absolute atomic E-state index is 0.115. The summed E-state index contributed by atoms with van der Waals surface area (Å²) in [6, 6.07) is 9.17. The Morgan fingerprint density at radius 2 is 2.00 bits per heavy atom. The molecule has 192 valence electrons. The first kappa shape index (κ1) is 23.8. The van der Waals surface area contributed by atoms with Crippen LogP contribution >= 0.6 is 11.6 Å². The monoisotopic (exact) mass is 518 g/mol. The number of anilines is 1. The maximum Gasteiger partial charge on any atom is 0.243 e. The molecule has 2 aromatic heterocycles. The molecule has 4 atom stereocenters. The summed E-state index contributed by atoms with van der Waals surface area (Å²) in [4.78, 5) is 31.4. The first-order chi connectivity index (χ1) is 18.1. The SMILES string of the molecule is C=CC(=O)NC1C[C@@H]2CN=C(N[C@H]3CCC[C@@H](Nc4ncc(Cl)c(-c5c[nH]c6ccccc56)n4)C3)N2C1. The van der Waals surface area contributed by atoms with Gasteiger partial charge in [0.05, 0.1) is 29.5 Å². The van der Waals surface area contributed by atoms with Crippen molar-refractivity contribution in [3.8, 4) is 11.3 Å². The van der Waals surface area contributed by atoms with Gasteiger partial charge in [0.2, 0.25) is 11.9 Å². The highest BCUT2D eigenvalue weighted by molar-refractivity contribution is 6.33. The van der Waals surface area contributed by atoms with Gasteiger partial charge in [-0.2, -0.15) is 0 Å². The predicted octanol–water partition coefficient (Wildman–Crippen LogP) is 3.71. The quantitative estimate of drug-likeness (QED) is 0.370. The molecule has 1 amide bonds. The summed E-state index contributed by atoms with van der Waals surface area (Å²) in [7, 11) is 0. The number of carbonyl (C=O) groups excluding carboxylic acids is 1. The molecule has 0 bridgehead atoms. The van der Waals surface area contributed by atoms with Crippen molar-refractivity contribution in [2.24, 2.45) is 4.99 Å². The molecule has 1 aromatic carbocycles. The van der Waals surface area contributed by atoms with Gasteiger partial charge >= 0.3 is 0 Å². The molecule has 1 saturated carbocycles. The smallest absolute Gasteiger partial charge is 0.243 e. The second kappa shape index (κ2) is 10.0.